The fraction of sp³-hybridized carbons (Fsp3) is 0.385. The molecule has 0 bridgehead atoms. The van der Waals surface area contributed by atoms with Crippen molar-refractivity contribution < 1.29 is 14.3 Å². The van der Waals surface area contributed by atoms with Crippen LogP contribution < -0.4 is 10.6 Å². The minimum atomic E-state index is -0.469. The summed E-state index contributed by atoms with van der Waals surface area (Å²) in [4.78, 5) is 22.6. The molecule has 2 amide bonds. The van der Waals surface area contributed by atoms with Crippen LogP contribution in [0.15, 0.2) is 24.3 Å². The summed E-state index contributed by atoms with van der Waals surface area (Å²) >= 11 is 6.03. The number of esters is 1. The van der Waals surface area contributed by atoms with Gasteiger partial charge >= 0.3 is 12.0 Å². The second-order valence-corrected chi connectivity index (χ2v) is 4.28. The van der Waals surface area contributed by atoms with Gasteiger partial charge in [0.2, 0.25) is 0 Å². The summed E-state index contributed by atoms with van der Waals surface area (Å²) in [6.45, 7) is 3.65. The van der Waals surface area contributed by atoms with Gasteiger partial charge in [0.25, 0.3) is 0 Å². The molecule has 0 aliphatic carbocycles. The van der Waals surface area contributed by atoms with E-state index in [0.717, 1.165) is 5.56 Å². The minimum Gasteiger partial charge on any atom is -0.465 e. The zero-order valence-corrected chi connectivity index (χ0v) is 11.7. The molecule has 0 saturated carbocycles. The number of halogens is 1. The predicted molar refractivity (Wildman–Crippen MR) is 73.0 cm³/mol. The second-order valence-electron chi connectivity index (χ2n) is 3.88. The summed E-state index contributed by atoms with van der Waals surface area (Å²) in [5, 5.41) is 5.70. The number of ether oxygens (including phenoxy) is 1. The van der Waals surface area contributed by atoms with Crippen LogP contribution in [0.3, 0.4) is 0 Å². The van der Waals surface area contributed by atoms with Crippen LogP contribution in [-0.4, -0.2) is 25.2 Å². The molecule has 19 heavy (non-hydrogen) atoms. The lowest BCUT2D eigenvalue weighted by Gasteiger charge is -2.16. The predicted octanol–water partition coefficient (Wildman–Crippen LogP) is 2.26. The Kier molecular flexibility index (Phi) is 6.15. The number of urea groups is 1. The molecule has 0 spiro atoms. The van der Waals surface area contributed by atoms with E-state index in [-0.39, 0.29) is 19.2 Å². The molecule has 0 aliphatic rings. The van der Waals surface area contributed by atoms with Crippen LogP contribution in [0, 0.1) is 0 Å². The zero-order valence-electron chi connectivity index (χ0n) is 10.9. The number of hydrogen-bond donors (Lipinski definition) is 2. The van der Waals surface area contributed by atoms with E-state index in [4.69, 9.17) is 16.3 Å². The smallest absolute Gasteiger partial charge is 0.325 e. The zero-order chi connectivity index (χ0) is 14.3. The molecule has 2 N–H and O–H groups in total. The molecule has 5 nitrogen and oxygen atoms in total. The highest BCUT2D eigenvalue weighted by molar-refractivity contribution is 6.31. The fourth-order valence-electron chi connectivity index (χ4n) is 1.52. The molecule has 0 aliphatic heterocycles. The standard InChI is InChI=1S/C13H17ClN2O3/c1-3-19-12(17)8-15-13(18)16-9(2)10-6-4-5-7-11(10)14/h4-7,9H,3,8H2,1-2H3,(H2,15,16,18). The first-order valence-corrected chi connectivity index (χ1v) is 6.36. The Labute approximate surface area is 117 Å². The van der Waals surface area contributed by atoms with Crippen molar-refractivity contribution >= 4 is 23.6 Å². The number of carbonyl (C=O) groups is 2. The number of nitrogens with one attached hydrogen (secondary N) is 2. The molecule has 0 heterocycles. The molecule has 0 radical (unpaired) electrons. The summed E-state index contributed by atoms with van der Waals surface area (Å²) in [6, 6.07) is 6.55. The molecule has 0 fully saturated rings. The second kappa shape index (κ2) is 7.63. The van der Waals surface area contributed by atoms with Crippen molar-refractivity contribution in [3.8, 4) is 0 Å². The van der Waals surface area contributed by atoms with Crippen molar-refractivity contribution in [2.75, 3.05) is 13.2 Å². The monoisotopic (exact) mass is 284 g/mol. The van der Waals surface area contributed by atoms with E-state index >= 15 is 0 Å². The Morgan fingerprint density at radius 3 is 2.68 bits per heavy atom. The van der Waals surface area contributed by atoms with Crippen molar-refractivity contribution in [1.82, 2.24) is 10.6 Å². The molecule has 1 aromatic carbocycles. The summed E-state index contributed by atoms with van der Waals surface area (Å²) in [6.07, 6.45) is 0. The van der Waals surface area contributed by atoms with Gasteiger partial charge in [-0.05, 0) is 25.5 Å². The Balaban J connectivity index is 2.44. The molecule has 1 rings (SSSR count). The third-order valence-corrected chi connectivity index (χ3v) is 2.76. The maximum atomic E-state index is 11.6. The lowest BCUT2D eigenvalue weighted by Crippen LogP contribution is -2.40. The van der Waals surface area contributed by atoms with E-state index in [2.05, 4.69) is 10.6 Å². The topological polar surface area (TPSA) is 67.4 Å². The van der Waals surface area contributed by atoms with Gasteiger partial charge < -0.3 is 15.4 Å². The average molecular weight is 285 g/mol. The van der Waals surface area contributed by atoms with Crippen molar-refractivity contribution in [3.63, 3.8) is 0 Å². The summed E-state index contributed by atoms with van der Waals surface area (Å²) in [5.41, 5.74) is 0.815. The van der Waals surface area contributed by atoms with Crippen LogP contribution in [0.1, 0.15) is 25.5 Å². The van der Waals surface area contributed by atoms with Gasteiger partial charge in [-0.3, -0.25) is 4.79 Å². The van der Waals surface area contributed by atoms with Crippen LogP contribution in [0.5, 0.6) is 0 Å². The van der Waals surface area contributed by atoms with Gasteiger partial charge in [0, 0.05) is 5.02 Å². The first-order chi connectivity index (χ1) is 9.04. The molecular formula is C13H17ClN2O3. The highest BCUT2D eigenvalue weighted by atomic mass is 35.5. The fourth-order valence-corrected chi connectivity index (χ4v) is 1.82. The number of carbonyl (C=O) groups excluding carboxylic acids is 2. The quantitative estimate of drug-likeness (QED) is 0.815. The molecule has 6 heteroatoms. The van der Waals surface area contributed by atoms with Gasteiger partial charge in [0.1, 0.15) is 6.54 Å². The summed E-state index contributed by atoms with van der Waals surface area (Å²) < 4.78 is 4.70. The maximum Gasteiger partial charge on any atom is 0.325 e. The Morgan fingerprint density at radius 2 is 2.05 bits per heavy atom. The van der Waals surface area contributed by atoms with Crippen molar-refractivity contribution in [2.24, 2.45) is 0 Å². The van der Waals surface area contributed by atoms with Gasteiger partial charge in [0.05, 0.1) is 12.6 Å². The van der Waals surface area contributed by atoms with Crippen molar-refractivity contribution in [1.29, 1.82) is 0 Å². The van der Waals surface area contributed by atoms with Gasteiger partial charge in [0.15, 0.2) is 0 Å². The lowest BCUT2D eigenvalue weighted by molar-refractivity contribution is -0.141. The number of benzene rings is 1. The Bertz CT molecular complexity index is 451. The SMILES string of the molecule is CCOC(=O)CNC(=O)NC(C)c1ccccc1Cl. The van der Waals surface area contributed by atoms with E-state index in [1.54, 1.807) is 13.0 Å². The van der Waals surface area contributed by atoms with E-state index in [1.165, 1.54) is 0 Å². The molecule has 0 saturated heterocycles. The highest BCUT2D eigenvalue weighted by Crippen LogP contribution is 2.21. The first-order valence-electron chi connectivity index (χ1n) is 5.99. The molecule has 1 aromatic rings. The third kappa shape index (κ3) is 5.18. The molecular weight excluding hydrogens is 268 g/mol. The van der Waals surface area contributed by atoms with Gasteiger partial charge in [-0.1, -0.05) is 29.8 Å². The van der Waals surface area contributed by atoms with Gasteiger partial charge in [-0.2, -0.15) is 0 Å². The average Bonchev–Trinajstić information content (AvgIpc) is 2.37. The highest BCUT2D eigenvalue weighted by Gasteiger charge is 2.12. The lowest BCUT2D eigenvalue weighted by atomic mass is 10.1. The van der Waals surface area contributed by atoms with Crippen LogP contribution in [-0.2, 0) is 9.53 Å². The third-order valence-electron chi connectivity index (χ3n) is 2.42. The first kappa shape index (κ1) is 15.3. The number of rotatable bonds is 5. The molecule has 104 valence electrons. The van der Waals surface area contributed by atoms with E-state index in [1.807, 2.05) is 25.1 Å². The van der Waals surface area contributed by atoms with Crippen molar-refractivity contribution in [3.05, 3.63) is 34.9 Å². The van der Waals surface area contributed by atoms with E-state index in [0.29, 0.717) is 5.02 Å². The maximum absolute atomic E-state index is 11.6. The Hall–Kier alpha value is -1.75. The normalized spacial score (nSPS) is 11.5. The minimum absolute atomic E-state index is 0.158. The van der Waals surface area contributed by atoms with E-state index < -0.39 is 12.0 Å². The van der Waals surface area contributed by atoms with E-state index in [9.17, 15) is 9.59 Å². The van der Waals surface area contributed by atoms with Crippen LogP contribution in [0.4, 0.5) is 4.79 Å². The van der Waals surface area contributed by atoms with Crippen LogP contribution >= 0.6 is 11.6 Å². The van der Waals surface area contributed by atoms with Crippen LogP contribution in [0.2, 0.25) is 5.02 Å². The summed E-state index contributed by atoms with van der Waals surface area (Å²) in [5.74, 6) is -0.469. The Morgan fingerprint density at radius 1 is 1.37 bits per heavy atom. The van der Waals surface area contributed by atoms with Gasteiger partial charge in [-0.25, -0.2) is 4.79 Å². The molecule has 0 aromatic heterocycles. The molecule has 1 atom stereocenters. The number of amides is 2. The summed E-state index contributed by atoms with van der Waals surface area (Å²) in [7, 11) is 0. The number of hydrogen-bond acceptors (Lipinski definition) is 3. The van der Waals surface area contributed by atoms with Gasteiger partial charge in [-0.15, -0.1) is 0 Å². The molecule has 1 unspecified atom stereocenters. The largest absolute Gasteiger partial charge is 0.465 e. The van der Waals surface area contributed by atoms with Crippen LogP contribution in [0.25, 0.3) is 0 Å². The van der Waals surface area contributed by atoms with Crippen molar-refractivity contribution in [2.45, 2.75) is 19.9 Å².